The van der Waals surface area contributed by atoms with Crippen molar-refractivity contribution >= 4 is 11.9 Å². The number of hydrogen-bond acceptors (Lipinski definition) is 9. The minimum absolute atomic E-state index is 0.191. The normalized spacial score (nSPS) is 26.7. The van der Waals surface area contributed by atoms with E-state index >= 15 is 0 Å². The van der Waals surface area contributed by atoms with Crippen molar-refractivity contribution in [1.82, 2.24) is 4.90 Å². The molecule has 2 unspecified atom stereocenters. The molecule has 0 radical (unpaired) electrons. The highest BCUT2D eigenvalue weighted by Gasteiger charge is 2.58. The molecule has 4 atom stereocenters. The molecule has 1 saturated heterocycles. The number of nitrogens with zero attached hydrogens (tertiary/aromatic N) is 1. The van der Waals surface area contributed by atoms with Crippen LogP contribution in [0.15, 0.2) is 24.0 Å². The van der Waals surface area contributed by atoms with E-state index < -0.39 is 24.1 Å². The number of hydrogen-bond donors (Lipinski definition) is 0. The Hall–Kier alpha value is -2.78. The average Bonchev–Trinajstić information content (AvgIpc) is 3.51. The zero-order valence-electron chi connectivity index (χ0n) is 22.3. The van der Waals surface area contributed by atoms with E-state index in [1.165, 1.54) is 0 Å². The van der Waals surface area contributed by atoms with Gasteiger partial charge in [0.25, 0.3) is 0 Å². The molecule has 0 saturated carbocycles. The molecule has 1 spiro atoms. The molecule has 4 aliphatic rings. The predicted octanol–water partition coefficient (Wildman–Crippen LogP) is 3.48. The molecule has 3 aliphatic heterocycles. The molecule has 37 heavy (non-hydrogen) atoms. The van der Waals surface area contributed by atoms with E-state index in [0.717, 1.165) is 49.2 Å². The van der Waals surface area contributed by atoms with Crippen LogP contribution < -0.4 is 9.47 Å². The summed E-state index contributed by atoms with van der Waals surface area (Å²) in [6.07, 6.45) is 2.45. The summed E-state index contributed by atoms with van der Waals surface area (Å²) in [5.74, 6) is 0.768. The van der Waals surface area contributed by atoms with Gasteiger partial charge in [0.1, 0.15) is 5.76 Å². The van der Waals surface area contributed by atoms with Crippen LogP contribution in [-0.4, -0.2) is 73.8 Å². The zero-order valence-corrected chi connectivity index (χ0v) is 22.3. The maximum Gasteiger partial charge on any atom is 0.336 e. The second-order valence-electron chi connectivity index (χ2n) is 10.7. The van der Waals surface area contributed by atoms with Crippen molar-refractivity contribution in [2.75, 3.05) is 27.0 Å². The first-order valence-corrected chi connectivity index (χ1v) is 13.2. The molecule has 9 nitrogen and oxygen atoms in total. The van der Waals surface area contributed by atoms with E-state index in [-0.39, 0.29) is 36.9 Å². The van der Waals surface area contributed by atoms with Crippen LogP contribution in [0.25, 0.3) is 0 Å². The number of benzene rings is 1. The molecule has 1 aliphatic carbocycles. The summed E-state index contributed by atoms with van der Waals surface area (Å²) in [6, 6.07) is 4.10. The fourth-order valence-corrected chi connectivity index (χ4v) is 6.27. The third-order valence-electron chi connectivity index (χ3n) is 7.63. The Kier molecular flexibility index (Phi) is 7.11. The SMILES string of the molecule is COC1=CC23CCCN2CCc2cc4c(cc2[C@@H]3C1OC(=O)[C@@H](CC(=O)OC(C)C)OC(C)C)OCO4. The molecule has 202 valence electrons. The topological polar surface area (TPSA) is 92.8 Å². The Bertz CT molecular complexity index is 1080. The van der Waals surface area contributed by atoms with Crippen LogP contribution in [0.1, 0.15) is 64.0 Å². The van der Waals surface area contributed by atoms with Gasteiger partial charge in [-0.15, -0.1) is 0 Å². The molecule has 3 heterocycles. The first-order valence-electron chi connectivity index (χ1n) is 13.2. The predicted molar refractivity (Wildman–Crippen MR) is 133 cm³/mol. The summed E-state index contributed by atoms with van der Waals surface area (Å²) in [5.41, 5.74) is 1.90. The van der Waals surface area contributed by atoms with Crippen molar-refractivity contribution in [2.45, 2.75) is 89.3 Å². The van der Waals surface area contributed by atoms with Crippen molar-refractivity contribution in [3.05, 3.63) is 35.1 Å². The number of ether oxygens (including phenoxy) is 6. The first-order chi connectivity index (χ1) is 17.7. The van der Waals surface area contributed by atoms with Crippen molar-refractivity contribution < 1.29 is 38.0 Å². The van der Waals surface area contributed by atoms with Crippen LogP contribution in [0.5, 0.6) is 11.5 Å². The van der Waals surface area contributed by atoms with Gasteiger partial charge < -0.3 is 28.4 Å². The van der Waals surface area contributed by atoms with Gasteiger partial charge in [0.15, 0.2) is 23.7 Å². The zero-order chi connectivity index (χ0) is 26.3. The van der Waals surface area contributed by atoms with E-state index in [9.17, 15) is 9.59 Å². The number of carbonyl (C=O) groups is 2. The van der Waals surface area contributed by atoms with Gasteiger partial charge in [-0.3, -0.25) is 9.69 Å². The standard InChI is InChI=1S/C28H37NO8/c1-16(2)35-22(13-24(30)36-17(3)4)27(31)37-26-23(32-5)14-28-8-6-9-29(28)10-7-18-11-20-21(34-15-33-20)12-19(18)25(26)28/h11-12,14,16-17,22,25-26H,6-10,13,15H2,1-5H3/t22-,25-,26?,28?/m1/s1. The third kappa shape index (κ3) is 4.79. The first kappa shape index (κ1) is 25.9. The molecule has 0 N–H and O–H groups in total. The lowest BCUT2D eigenvalue weighted by atomic mass is 9.77. The minimum atomic E-state index is -1.08. The number of esters is 2. The van der Waals surface area contributed by atoms with Crippen molar-refractivity contribution in [2.24, 2.45) is 0 Å². The fraction of sp³-hybridized carbons (Fsp3) is 0.643. The maximum atomic E-state index is 13.6. The van der Waals surface area contributed by atoms with Crippen molar-refractivity contribution in [1.29, 1.82) is 0 Å². The Morgan fingerprint density at radius 1 is 1.11 bits per heavy atom. The van der Waals surface area contributed by atoms with Gasteiger partial charge >= 0.3 is 11.9 Å². The maximum absolute atomic E-state index is 13.6. The quantitative estimate of drug-likeness (QED) is 0.483. The van der Waals surface area contributed by atoms with E-state index in [1.54, 1.807) is 21.0 Å². The summed E-state index contributed by atoms with van der Waals surface area (Å²) < 4.78 is 34.6. The highest BCUT2D eigenvalue weighted by atomic mass is 16.7. The number of rotatable bonds is 8. The lowest BCUT2D eigenvalue weighted by Crippen LogP contribution is -2.48. The van der Waals surface area contributed by atoms with E-state index in [2.05, 4.69) is 17.0 Å². The van der Waals surface area contributed by atoms with E-state index in [4.69, 9.17) is 28.4 Å². The molecular weight excluding hydrogens is 478 g/mol. The van der Waals surface area contributed by atoms with Crippen molar-refractivity contribution in [3.8, 4) is 11.5 Å². The van der Waals surface area contributed by atoms with Gasteiger partial charge in [0.2, 0.25) is 6.79 Å². The molecule has 0 bridgehead atoms. The number of carbonyl (C=O) groups excluding carboxylic acids is 2. The summed E-state index contributed by atoms with van der Waals surface area (Å²) in [4.78, 5) is 28.5. The van der Waals surface area contributed by atoms with Crippen LogP contribution in [0, 0.1) is 0 Å². The molecule has 1 fully saturated rings. The van der Waals surface area contributed by atoms with Gasteiger partial charge in [-0.05, 0) is 82.8 Å². The molecule has 1 aromatic rings. The molecule has 5 rings (SSSR count). The molecule has 1 aromatic carbocycles. The van der Waals surface area contributed by atoms with Gasteiger partial charge in [0.05, 0.1) is 37.2 Å². The monoisotopic (exact) mass is 515 g/mol. The Balaban J connectivity index is 1.49. The van der Waals surface area contributed by atoms with Gasteiger partial charge in [-0.2, -0.15) is 0 Å². The summed E-state index contributed by atoms with van der Waals surface area (Å²) in [7, 11) is 1.61. The van der Waals surface area contributed by atoms with E-state index in [1.807, 2.05) is 19.9 Å². The fourth-order valence-electron chi connectivity index (χ4n) is 6.27. The van der Waals surface area contributed by atoms with Gasteiger partial charge in [0, 0.05) is 6.54 Å². The average molecular weight is 516 g/mol. The van der Waals surface area contributed by atoms with Crippen LogP contribution in [-0.2, 0) is 35.0 Å². The van der Waals surface area contributed by atoms with Crippen molar-refractivity contribution in [3.63, 3.8) is 0 Å². The molecular formula is C28H37NO8. The minimum Gasteiger partial charge on any atom is -0.497 e. The van der Waals surface area contributed by atoms with Crippen LogP contribution >= 0.6 is 0 Å². The highest BCUT2D eigenvalue weighted by molar-refractivity contribution is 5.82. The summed E-state index contributed by atoms with van der Waals surface area (Å²) in [5, 5.41) is 0. The lowest BCUT2D eigenvalue weighted by Gasteiger charge is -2.39. The Morgan fingerprint density at radius 2 is 1.86 bits per heavy atom. The third-order valence-corrected chi connectivity index (χ3v) is 7.63. The van der Waals surface area contributed by atoms with E-state index in [0.29, 0.717) is 11.5 Å². The Morgan fingerprint density at radius 3 is 2.57 bits per heavy atom. The second-order valence-corrected chi connectivity index (χ2v) is 10.7. The second kappa shape index (κ2) is 10.2. The van der Waals surface area contributed by atoms with Crippen LogP contribution in [0.3, 0.4) is 0 Å². The van der Waals surface area contributed by atoms with Crippen LogP contribution in [0.2, 0.25) is 0 Å². The van der Waals surface area contributed by atoms with Gasteiger partial charge in [-0.25, -0.2) is 4.79 Å². The number of methoxy groups -OCH3 is 1. The Labute approximate surface area is 218 Å². The molecule has 0 aromatic heterocycles. The summed E-state index contributed by atoms with van der Waals surface area (Å²) >= 11 is 0. The van der Waals surface area contributed by atoms with Gasteiger partial charge in [-0.1, -0.05) is 0 Å². The lowest BCUT2D eigenvalue weighted by molar-refractivity contribution is -0.172. The highest BCUT2D eigenvalue weighted by Crippen LogP contribution is 2.55. The molecule has 0 amide bonds. The summed E-state index contributed by atoms with van der Waals surface area (Å²) in [6.45, 7) is 9.22. The largest absolute Gasteiger partial charge is 0.497 e. The smallest absolute Gasteiger partial charge is 0.336 e. The molecule has 9 heteroatoms. The van der Waals surface area contributed by atoms with Crippen LogP contribution in [0.4, 0.5) is 0 Å². The number of fused-ring (bicyclic) bond motifs is 3.